The molecule has 1 aromatic rings. The van der Waals surface area contributed by atoms with E-state index in [9.17, 15) is 8.78 Å². The normalized spacial score (nSPS) is 24.3. The van der Waals surface area contributed by atoms with Crippen LogP contribution in [0.25, 0.3) is 0 Å². The fourth-order valence-electron chi connectivity index (χ4n) is 3.52. The summed E-state index contributed by atoms with van der Waals surface area (Å²) in [4.78, 5) is 2.26. The van der Waals surface area contributed by atoms with Gasteiger partial charge in [0.1, 0.15) is 11.6 Å². The molecule has 2 unspecified atom stereocenters. The van der Waals surface area contributed by atoms with Gasteiger partial charge in [-0.2, -0.15) is 0 Å². The molecule has 1 aromatic carbocycles. The molecule has 2 nitrogen and oxygen atoms in total. The van der Waals surface area contributed by atoms with E-state index in [0.717, 1.165) is 32.4 Å². The quantitative estimate of drug-likeness (QED) is 0.910. The highest BCUT2D eigenvalue weighted by Gasteiger charge is 2.35. The second-order valence-electron chi connectivity index (χ2n) is 6.23. The molecule has 2 rings (SSSR count). The Balaban J connectivity index is 2.47. The topological polar surface area (TPSA) is 15.3 Å². The Labute approximate surface area is 126 Å². The third-order valence-electron chi connectivity index (χ3n) is 4.47. The van der Waals surface area contributed by atoms with E-state index in [0.29, 0.717) is 0 Å². The Morgan fingerprint density at radius 2 is 1.90 bits per heavy atom. The van der Waals surface area contributed by atoms with Gasteiger partial charge < -0.3 is 5.32 Å². The number of rotatable bonds is 4. The van der Waals surface area contributed by atoms with Crippen molar-refractivity contribution in [3.05, 3.63) is 35.4 Å². The summed E-state index contributed by atoms with van der Waals surface area (Å²) in [6, 6.07) is 4.27. The van der Waals surface area contributed by atoms with Gasteiger partial charge in [0.25, 0.3) is 0 Å². The Bertz CT molecular complexity index is 442. The fourth-order valence-corrected chi connectivity index (χ4v) is 3.52. The van der Waals surface area contributed by atoms with Crippen LogP contribution in [0.5, 0.6) is 0 Å². The minimum Gasteiger partial charge on any atom is -0.319 e. The smallest absolute Gasteiger partial charge is 0.130 e. The molecule has 1 aliphatic rings. The third-order valence-corrected chi connectivity index (χ3v) is 4.47. The van der Waals surface area contributed by atoms with Gasteiger partial charge in [0.05, 0.1) is 0 Å². The summed E-state index contributed by atoms with van der Waals surface area (Å²) >= 11 is 0. The standard InChI is InChI=1S/C17H26F2N2/c1-12(2)21-10-5-4-7-13(11-20-3)17(21)16-14(18)8-6-9-15(16)19/h6,8-9,12-13,17,20H,4-5,7,10-11H2,1-3H3. The number of nitrogens with zero attached hydrogens (tertiary/aromatic N) is 1. The van der Waals surface area contributed by atoms with Crippen LogP contribution >= 0.6 is 0 Å². The molecule has 0 spiro atoms. The lowest BCUT2D eigenvalue weighted by Gasteiger charge is -2.38. The highest BCUT2D eigenvalue weighted by molar-refractivity contribution is 5.25. The zero-order chi connectivity index (χ0) is 15.4. The number of hydrogen-bond acceptors (Lipinski definition) is 2. The maximum atomic E-state index is 14.3. The van der Waals surface area contributed by atoms with E-state index in [2.05, 4.69) is 24.1 Å². The number of likely N-dealkylation sites (tertiary alicyclic amines) is 1. The molecule has 0 amide bonds. The van der Waals surface area contributed by atoms with E-state index in [1.54, 1.807) is 0 Å². The van der Waals surface area contributed by atoms with Crippen LogP contribution in [0.3, 0.4) is 0 Å². The molecule has 1 fully saturated rings. The monoisotopic (exact) mass is 296 g/mol. The van der Waals surface area contributed by atoms with Crippen molar-refractivity contribution in [1.82, 2.24) is 10.2 Å². The Kier molecular flexibility index (Phi) is 5.71. The van der Waals surface area contributed by atoms with E-state index in [1.807, 2.05) is 7.05 Å². The summed E-state index contributed by atoms with van der Waals surface area (Å²) in [6.07, 6.45) is 3.20. The summed E-state index contributed by atoms with van der Waals surface area (Å²) in [7, 11) is 1.90. The van der Waals surface area contributed by atoms with Crippen molar-refractivity contribution in [2.45, 2.75) is 45.2 Å². The summed E-state index contributed by atoms with van der Waals surface area (Å²) in [5.74, 6) is -0.617. The minimum absolute atomic E-state index is 0.193. The van der Waals surface area contributed by atoms with Crippen LogP contribution < -0.4 is 5.32 Å². The lowest BCUT2D eigenvalue weighted by molar-refractivity contribution is 0.112. The first kappa shape index (κ1) is 16.4. The number of halogens is 2. The van der Waals surface area contributed by atoms with Crippen LogP contribution in [-0.2, 0) is 0 Å². The van der Waals surface area contributed by atoms with Crippen LogP contribution in [0.1, 0.15) is 44.7 Å². The summed E-state index contributed by atoms with van der Waals surface area (Å²) in [6.45, 7) is 5.89. The van der Waals surface area contributed by atoms with E-state index in [-0.39, 0.29) is 23.6 Å². The van der Waals surface area contributed by atoms with Gasteiger partial charge in [0.2, 0.25) is 0 Å². The van der Waals surface area contributed by atoms with Gasteiger partial charge in [-0.15, -0.1) is 0 Å². The number of hydrogen-bond donors (Lipinski definition) is 1. The van der Waals surface area contributed by atoms with Crippen molar-refractivity contribution in [2.75, 3.05) is 20.1 Å². The molecule has 1 aliphatic heterocycles. The zero-order valence-corrected chi connectivity index (χ0v) is 13.2. The van der Waals surface area contributed by atoms with Gasteiger partial charge in [-0.1, -0.05) is 12.5 Å². The highest BCUT2D eigenvalue weighted by Crippen LogP contribution is 2.38. The first-order chi connectivity index (χ1) is 10.1. The molecule has 0 saturated carbocycles. The largest absolute Gasteiger partial charge is 0.319 e. The first-order valence-corrected chi connectivity index (χ1v) is 7.90. The predicted molar refractivity (Wildman–Crippen MR) is 82.2 cm³/mol. The van der Waals surface area contributed by atoms with Crippen LogP contribution in [0.15, 0.2) is 18.2 Å². The Morgan fingerprint density at radius 3 is 2.48 bits per heavy atom. The second-order valence-corrected chi connectivity index (χ2v) is 6.23. The molecule has 0 radical (unpaired) electrons. The van der Waals surface area contributed by atoms with Gasteiger partial charge in [-0.3, -0.25) is 4.90 Å². The van der Waals surface area contributed by atoms with Crippen LogP contribution in [0, 0.1) is 17.6 Å². The molecule has 0 bridgehead atoms. The summed E-state index contributed by atoms with van der Waals surface area (Å²) in [5.41, 5.74) is 0.244. The molecule has 1 saturated heterocycles. The van der Waals surface area contributed by atoms with Gasteiger partial charge in [0, 0.05) is 17.6 Å². The van der Waals surface area contributed by atoms with Crippen LogP contribution in [0.4, 0.5) is 8.78 Å². The van der Waals surface area contributed by atoms with Crippen molar-refractivity contribution in [1.29, 1.82) is 0 Å². The molecule has 118 valence electrons. The fraction of sp³-hybridized carbons (Fsp3) is 0.647. The minimum atomic E-state index is -0.423. The second kappa shape index (κ2) is 7.32. The van der Waals surface area contributed by atoms with E-state index in [4.69, 9.17) is 0 Å². The lowest BCUT2D eigenvalue weighted by atomic mass is 9.88. The first-order valence-electron chi connectivity index (χ1n) is 7.90. The van der Waals surface area contributed by atoms with Crippen molar-refractivity contribution in [3.63, 3.8) is 0 Å². The third kappa shape index (κ3) is 3.61. The Morgan fingerprint density at radius 1 is 1.24 bits per heavy atom. The number of benzene rings is 1. The predicted octanol–water partition coefficient (Wildman–Crippen LogP) is 3.74. The zero-order valence-electron chi connectivity index (χ0n) is 13.2. The average Bonchev–Trinajstić information content (AvgIpc) is 2.62. The highest BCUT2D eigenvalue weighted by atomic mass is 19.1. The van der Waals surface area contributed by atoms with Crippen molar-refractivity contribution in [2.24, 2.45) is 5.92 Å². The van der Waals surface area contributed by atoms with Gasteiger partial charge in [-0.05, 0) is 64.9 Å². The maximum absolute atomic E-state index is 14.3. The molecular formula is C17H26F2N2. The van der Waals surface area contributed by atoms with Gasteiger partial charge in [-0.25, -0.2) is 8.78 Å². The van der Waals surface area contributed by atoms with Crippen LogP contribution in [-0.4, -0.2) is 31.1 Å². The molecule has 1 N–H and O–H groups in total. The van der Waals surface area contributed by atoms with Crippen molar-refractivity contribution in [3.8, 4) is 0 Å². The summed E-state index contributed by atoms with van der Waals surface area (Å²) < 4.78 is 28.7. The van der Waals surface area contributed by atoms with E-state index < -0.39 is 11.6 Å². The Hall–Kier alpha value is -1.00. The van der Waals surface area contributed by atoms with Crippen molar-refractivity contribution < 1.29 is 8.78 Å². The van der Waals surface area contributed by atoms with Crippen molar-refractivity contribution >= 4 is 0 Å². The lowest BCUT2D eigenvalue weighted by Crippen LogP contribution is -2.41. The van der Waals surface area contributed by atoms with E-state index in [1.165, 1.54) is 18.2 Å². The van der Waals surface area contributed by atoms with Gasteiger partial charge in [0.15, 0.2) is 0 Å². The molecule has 1 heterocycles. The average molecular weight is 296 g/mol. The maximum Gasteiger partial charge on any atom is 0.130 e. The SMILES string of the molecule is CNCC1CCCCN(C(C)C)C1c1c(F)cccc1F. The van der Waals surface area contributed by atoms with E-state index >= 15 is 0 Å². The summed E-state index contributed by atoms with van der Waals surface area (Å²) in [5, 5.41) is 3.19. The number of nitrogens with one attached hydrogen (secondary N) is 1. The molecular weight excluding hydrogens is 270 g/mol. The molecule has 4 heteroatoms. The molecule has 0 aliphatic carbocycles. The molecule has 2 atom stereocenters. The van der Waals surface area contributed by atoms with Gasteiger partial charge >= 0.3 is 0 Å². The molecule has 21 heavy (non-hydrogen) atoms. The molecule has 0 aromatic heterocycles. The van der Waals surface area contributed by atoms with Crippen LogP contribution in [0.2, 0.25) is 0 Å².